The Hall–Kier alpha value is -1.89. The molecule has 23 heavy (non-hydrogen) atoms. The Bertz CT molecular complexity index is 508. The lowest BCUT2D eigenvalue weighted by atomic mass is 10.3. The summed E-state index contributed by atoms with van der Waals surface area (Å²) in [6.45, 7) is 7.61. The lowest BCUT2D eigenvalue weighted by Gasteiger charge is -2.23. The molecule has 0 saturated carbocycles. The molecular weight excluding hydrogens is 296 g/mol. The van der Waals surface area contributed by atoms with Crippen molar-refractivity contribution in [3.8, 4) is 5.88 Å². The number of nitrogens with zero attached hydrogens (tertiary/aromatic N) is 4. The molecular formula is C16H26N4O3. The Kier molecular flexibility index (Phi) is 6.58. The van der Waals surface area contributed by atoms with Crippen LogP contribution in [0, 0.1) is 0 Å². The molecule has 1 aromatic rings. The minimum atomic E-state index is -0.0347. The summed E-state index contributed by atoms with van der Waals surface area (Å²) in [4.78, 5) is 24.7. The maximum absolute atomic E-state index is 12.0. The van der Waals surface area contributed by atoms with E-state index in [1.54, 1.807) is 19.5 Å². The molecule has 0 spiro atoms. The summed E-state index contributed by atoms with van der Waals surface area (Å²) in [7, 11) is 1.60. The summed E-state index contributed by atoms with van der Waals surface area (Å²) < 4.78 is 11.0. The normalized spacial score (nSPS) is 17.3. The van der Waals surface area contributed by atoms with E-state index in [0.717, 1.165) is 25.3 Å². The van der Waals surface area contributed by atoms with Crippen molar-refractivity contribution in [1.82, 2.24) is 14.9 Å². The zero-order valence-corrected chi connectivity index (χ0v) is 14.2. The van der Waals surface area contributed by atoms with Gasteiger partial charge in [-0.25, -0.2) is 9.97 Å². The number of amides is 1. The van der Waals surface area contributed by atoms with E-state index in [4.69, 9.17) is 9.47 Å². The van der Waals surface area contributed by atoms with Gasteiger partial charge >= 0.3 is 0 Å². The Morgan fingerprint density at radius 3 is 2.78 bits per heavy atom. The van der Waals surface area contributed by atoms with Crippen molar-refractivity contribution in [2.45, 2.75) is 32.8 Å². The molecule has 1 atom stereocenters. The van der Waals surface area contributed by atoms with Gasteiger partial charge in [0.25, 0.3) is 5.88 Å². The zero-order chi connectivity index (χ0) is 16.7. The number of aromatic nitrogens is 2. The third kappa shape index (κ3) is 4.54. The maximum Gasteiger partial charge on any atom is 0.257 e. The molecule has 2 rings (SSSR count). The summed E-state index contributed by atoms with van der Waals surface area (Å²) in [5, 5.41) is 0. The van der Waals surface area contributed by atoms with Gasteiger partial charge in [-0.15, -0.1) is 0 Å². The third-order valence-corrected chi connectivity index (χ3v) is 4.01. The number of ether oxygens (including phenoxy) is 2. The molecule has 128 valence electrons. The van der Waals surface area contributed by atoms with E-state index < -0.39 is 0 Å². The fourth-order valence-corrected chi connectivity index (χ4v) is 2.70. The average molecular weight is 322 g/mol. The van der Waals surface area contributed by atoms with E-state index in [0.29, 0.717) is 32.0 Å². The van der Waals surface area contributed by atoms with E-state index in [-0.39, 0.29) is 12.0 Å². The zero-order valence-electron chi connectivity index (χ0n) is 14.2. The Morgan fingerprint density at radius 2 is 2.09 bits per heavy atom. The lowest BCUT2D eigenvalue weighted by molar-refractivity contribution is -0.131. The first-order chi connectivity index (χ1) is 11.2. The van der Waals surface area contributed by atoms with Gasteiger partial charge in [-0.05, 0) is 13.8 Å². The molecule has 2 heterocycles. The monoisotopic (exact) mass is 322 g/mol. The van der Waals surface area contributed by atoms with E-state index in [9.17, 15) is 4.79 Å². The highest BCUT2D eigenvalue weighted by Crippen LogP contribution is 2.25. The number of likely N-dealkylation sites (tertiary alicyclic amines) is 1. The van der Waals surface area contributed by atoms with Crippen LogP contribution in [0.5, 0.6) is 5.88 Å². The quantitative estimate of drug-likeness (QED) is 0.719. The standard InChI is InChI=1S/C16H26N4O3/c1-4-19(5-2)15-16(18-9-8-17-15)23-13-6-10-20(12-13)14(21)7-11-22-3/h8-9,13H,4-7,10-12H2,1-3H3. The number of hydrogen-bond acceptors (Lipinski definition) is 6. The third-order valence-electron chi connectivity index (χ3n) is 4.01. The summed E-state index contributed by atoms with van der Waals surface area (Å²) >= 11 is 0. The van der Waals surface area contributed by atoms with Crippen LogP contribution >= 0.6 is 0 Å². The van der Waals surface area contributed by atoms with Crippen molar-refractivity contribution in [2.24, 2.45) is 0 Å². The van der Waals surface area contributed by atoms with Crippen LogP contribution in [0.25, 0.3) is 0 Å². The first-order valence-corrected chi connectivity index (χ1v) is 8.18. The van der Waals surface area contributed by atoms with Crippen LogP contribution in [0.3, 0.4) is 0 Å². The first-order valence-electron chi connectivity index (χ1n) is 8.18. The fraction of sp³-hybridized carbons (Fsp3) is 0.688. The summed E-state index contributed by atoms with van der Waals surface area (Å²) in [6.07, 6.45) is 4.51. The highest BCUT2D eigenvalue weighted by atomic mass is 16.5. The molecule has 0 aromatic carbocycles. The molecule has 0 aliphatic carbocycles. The number of carbonyl (C=O) groups is 1. The summed E-state index contributed by atoms with van der Waals surface area (Å²) in [6, 6.07) is 0. The Morgan fingerprint density at radius 1 is 1.35 bits per heavy atom. The van der Waals surface area contributed by atoms with Crippen LogP contribution < -0.4 is 9.64 Å². The minimum Gasteiger partial charge on any atom is -0.470 e. The number of anilines is 1. The topological polar surface area (TPSA) is 67.8 Å². The molecule has 1 amide bonds. The van der Waals surface area contributed by atoms with E-state index >= 15 is 0 Å². The van der Waals surface area contributed by atoms with Crippen LogP contribution in [0.15, 0.2) is 12.4 Å². The minimum absolute atomic E-state index is 0.0347. The highest BCUT2D eigenvalue weighted by Gasteiger charge is 2.28. The number of rotatable bonds is 8. The van der Waals surface area contributed by atoms with Gasteiger partial charge < -0.3 is 19.3 Å². The second-order valence-corrected chi connectivity index (χ2v) is 5.47. The Labute approximate surface area is 137 Å². The Balaban J connectivity index is 1.97. The van der Waals surface area contributed by atoms with Crippen molar-refractivity contribution in [3.05, 3.63) is 12.4 Å². The fourth-order valence-electron chi connectivity index (χ4n) is 2.70. The molecule has 1 fully saturated rings. The number of carbonyl (C=O) groups excluding carboxylic acids is 1. The van der Waals surface area contributed by atoms with Crippen LogP contribution in [-0.4, -0.2) is 66.8 Å². The maximum atomic E-state index is 12.0. The van der Waals surface area contributed by atoms with Gasteiger partial charge in [-0.1, -0.05) is 0 Å². The molecule has 1 aromatic heterocycles. The molecule has 1 aliphatic heterocycles. The van der Waals surface area contributed by atoms with Gasteiger partial charge in [-0.2, -0.15) is 0 Å². The predicted octanol–water partition coefficient (Wildman–Crippen LogP) is 1.34. The van der Waals surface area contributed by atoms with Crippen molar-refractivity contribution in [1.29, 1.82) is 0 Å². The number of hydrogen-bond donors (Lipinski definition) is 0. The average Bonchev–Trinajstić information content (AvgIpc) is 3.04. The van der Waals surface area contributed by atoms with E-state index in [1.165, 1.54) is 0 Å². The molecule has 0 N–H and O–H groups in total. The van der Waals surface area contributed by atoms with Crippen LogP contribution in [0.1, 0.15) is 26.7 Å². The second kappa shape index (κ2) is 8.67. The summed E-state index contributed by atoms with van der Waals surface area (Å²) in [5.41, 5.74) is 0. The van der Waals surface area contributed by atoms with Crippen molar-refractivity contribution in [3.63, 3.8) is 0 Å². The molecule has 1 aliphatic rings. The van der Waals surface area contributed by atoms with Crippen molar-refractivity contribution in [2.75, 3.05) is 44.8 Å². The van der Waals surface area contributed by atoms with Crippen molar-refractivity contribution >= 4 is 11.7 Å². The number of methoxy groups -OCH3 is 1. The van der Waals surface area contributed by atoms with Crippen LogP contribution in [0.4, 0.5) is 5.82 Å². The largest absolute Gasteiger partial charge is 0.470 e. The van der Waals surface area contributed by atoms with E-state index in [2.05, 4.69) is 28.7 Å². The second-order valence-electron chi connectivity index (χ2n) is 5.47. The van der Waals surface area contributed by atoms with Gasteiger partial charge in [-0.3, -0.25) is 4.79 Å². The first kappa shape index (κ1) is 17.5. The summed E-state index contributed by atoms with van der Waals surface area (Å²) in [5.74, 6) is 1.43. The van der Waals surface area contributed by atoms with E-state index in [1.807, 2.05) is 4.90 Å². The molecule has 0 radical (unpaired) electrons. The van der Waals surface area contributed by atoms with Crippen LogP contribution in [-0.2, 0) is 9.53 Å². The van der Waals surface area contributed by atoms with Crippen molar-refractivity contribution < 1.29 is 14.3 Å². The SMILES string of the molecule is CCN(CC)c1nccnc1OC1CCN(C(=O)CCOC)C1. The molecule has 7 nitrogen and oxygen atoms in total. The van der Waals surface area contributed by atoms with Gasteiger partial charge in [0.05, 0.1) is 19.6 Å². The molecule has 0 bridgehead atoms. The lowest BCUT2D eigenvalue weighted by Crippen LogP contribution is -2.32. The highest BCUT2D eigenvalue weighted by molar-refractivity contribution is 5.76. The van der Waals surface area contributed by atoms with Crippen LogP contribution in [0.2, 0.25) is 0 Å². The molecule has 7 heteroatoms. The predicted molar refractivity (Wildman–Crippen MR) is 87.7 cm³/mol. The molecule has 1 saturated heterocycles. The van der Waals surface area contributed by atoms with Gasteiger partial charge in [0.1, 0.15) is 6.10 Å². The smallest absolute Gasteiger partial charge is 0.257 e. The van der Waals surface area contributed by atoms with Gasteiger partial charge in [0.2, 0.25) is 5.91 Å². The van der Waals surface area contributed by atoms with Gasteiger partial charge in [0.15, 0.2) is 5.82 Å². The van der Waals surface area contributed by atoms with Gasteiger partial charge in [0, 0.05) is 45.6 Å². The molecule has 1 unspecified atom stereocenters.